The van der Waals surface area contributed by atoms with Gasteiger partial charge in [0, 0.05) is 53.3 Å². The number of carboxylic acid groups (broad SMARTS) is 1. The fourth-order valence-electron chi connectivity index (χ4n) is 4.60. The van der Waals surface area contributed by atoms with Gasteiger partial charge in [0.25, 0.3) is 0 Å². The van der Waals surface area contributed by atoms with Gasteiger partial charge >= 0.3 is 11.9 Å². The number of aliphatic carboxylic acids is 1. The van der Waals surface area contributed by atoms with Crippen molar-refractivity contribution in [3.8, 4) is 23.0 Å². The smallest absolute Gasteiger partial charge is 0.308 e. The molecule has 2 atom stereocenters. The number of thiophene rings is 2. The highest BCUT2D eigenvalue weighted by molar-refractivity contribution is 7.21. The molecular weight excluding hydrogens is 655 g/mol. The summed E-state index contributed by atoms with van der Waals surface area (Å²) in [5, 5.41) is 10.1. The van der Waals surface area contributed by atoms with E-state index in [2.05, 4.69) is 4.74 Å². The summed E-state index contributed by atoms with van der Waals surface area (Å²) in [5.41, 5.74) is 0. The molecule has 0 bridgehead atoms. The van der Waals surface area contributed by atoms with Gasteiger partial charge in [-0.1, -0.05) is 13.8 Å². The van der Waals surface area contributed by atoms with E-state index >= 15 is 4.39 Å². The van der Waals surface area contributed by atoms with Gasteiger partial charge in [-0.3, -0.25) is 19.2 Å². The Morgan fingerprint density at radius 3 is 2.06 bits per heavy atom. The highest BCUT2D eigenvalue weighted by Crippen LogP contribution is 2.41. The Hall–Kier alpha value is -4.27. The fourth-order valence-corrected chi connectivity index (χ4v) is 6.66. The zero-order valence-electron chi connectivity index (χ0n) is 26.5. The van der Waals surface area contributed by atoms with Crippen LogP contribution in [0.5, 0.6) is 23.0 Å². The maximum absolute atomic E-state index is 15.6. The normalized spacial score (nSPS) is 12.5. The molecule has 4 rings (SSSR count). The van der Waals surface area contributed by atoms with Gasteiger partial charge < -0.3 is 33.5 Å². The van der Waals surface area contributed by atoms with E-state index in [1.54, 1.807) is 31.2 Å². The largest absolute Gasteiger partial charge is 0.493 e. The zero-order chi connectivity index (χ0) is 34.2. The molecular formula is C33H35FO11S2. The molecule has 2 aromatic heterocycles. The molecule has 0 spiro atoms. The lowest BCUT2D eigenvalue weighted by Crippen LogP contribution is -2.16. The van der Waals surface area contributed by atoms with Crippen molar-refractivity contribution in [1.82, 2.24) is 0 Å². The summed E-state index contributed by atoms with van der Waals surface area (Å²) in [6, 6.07) is 8.21. The molecule has 0 radical (unpaired) electrons. The predicted octanol–water partition coefficient (Wildman–Crippen LogP) is 6.77. The number of carbonyl (C=O) groups is 4. The first kappa shape index (κ1) is 35.6. The van der Waals surface area contributed by atoms with Gasteiger partial charge in [-0.25, -0.2) is 4.39 Å². The first-order valence-corrected chi connectivity index (χ1v) is 16.2. The number of ether oxygens (including phenoxy) is 6. The second-order valence-corrected chi connectivity index (χ2v) is 12.9. The van der Waals surface area contributed by atoms with Gasteiger partial charge in [-0.2, -0.15) is 0 Å². The molecule has 0 aliphatic carbocycles. The topological polar surface area (TPSA) is 144 Å². The first-order valence-electron chi connectivity index (χ1n) is 14.6. The van der Waals surface area contributed by atoms with Crippen molar-refractivity contribution in [1.29, 1.82) is 0 Å². The van der Waals surface area contributed by atoms with E-state index in [1.165, 1.54) is 45.7 Å². The van der Waals surface area contributed by atoms with Crippen LogP contribution in [0.1, 0.15) is 52.5 Å². The van der Waals surface area contributed by atoms with Crippen molar-refractivity contribution < 1.29 is 57.1 Å². The van der Waals surface area contributed by atoms with Crippen LogP contribution in [0.2, 0.25) is 0 Å². The molecule has 2 heterocycles. The summed E-state index contributed by atoms with van der Waals surface area (Å²) in [4.78, 5) is 49.1. The number of benzene rings is 2. The molecule has 11 nitrogen and oxygen atoms in total. The Bertz CT molecular complexity index is 1780. The Morgan fingerprint density at radius 1 is 0.787 bits per heavy atom. The summed E-state index contributed by atoms with van der Waals surface area (Å²) in [6.45, 7) is 3.28. The Morgan fingerprint density at radius 2 is 1.40 bits per heavy atom. The van der Waals surface area contributed by atoms with Crippen LogP contribution in [0.4, 0.5) is 4.39 Å². The number of Topliss-reactive ketones (excluding diaryl/α,β-unsaturated/α-hetero) is 2. The van der Waals surface area contributed by atoms with Crippen molar-refractivity contribution in [2.45, 2.75) is 33.1 Å². The maximum Gasteiger partial charge on any atom is 0.308 e. The molecule has 47 heavy (non-hydrogen) atoms. The minimum Gasteiger partial charge on any atom is -0.493 e. The van der Waals surface area contributed by atoms with Crippen LogP contribution in [-0.2, 0) is 19.1 Å². The Kier molecular flexibility index (Phi) is 12.1. The molecule has 0 saturated carbocycles. The number of hydrogen-bond acceptors (Lipinski definition) is 12. The van der Waals surface area contributed by atoms with Gasteiger partial charge in [0.15, 0.2) is 47.2 Å². The van der Waals surface area contributed by atoms with E-state index < -0.39 is 29.6 Å². The monoisotopic (exact) mass is 690 g/mol. The van der Waals surface area contributed by atoms with Gasteiger partial charge in [0.05, 0.1) is 49.0 Å². The number of rotatable bonds is 18. The number of fused-ring (bicyclic) bond motifs is 2. The minimum absolute atomic E-state index is 0.0417. The third-order valence-electron chi connectivity index (χ3n) is 7.17. The summed E-state index contributed by atoms with van der Waals surface area (Å²) in [7, 11) is 4.13. The van der Waals surface area contributed by atoms with Crippen LogP contribution in [0.15, 0.2) is 30.3 Å². The molecule has 0 unspecified atom stereocenters. The molecule has 0 saturated heterocycles. The molecule has 1 N–H and O–H groups in total. The molecule has 0 amide bonds. The second-order valence-electron chi connectivity index (χ2n) is 10.7. The van der Waals surface area contributed by atoms with Crippen molar-refractivity contribution in [3.63, 3.8) is 0 Å². The van der Waals surface area contributed by atoms with Crippen molar-refractivity contribution in [2.24, 2.45) is 11.8 Å². The number of carbonyl (C=O) groups excluding carboxylic acids is 3. The second kappa shape index (κ2) is 16.0. The van der Waals surface area contributed by atoms with Crippen LogP contribution < -0.4 is 18.9 Å². The average Bonchev–Trinajstić information content (AvgIpc) is 3.68. The summed E-state index contributed by atoms with van der Waals surface area (Å²) in [6.07, 6.45) is 0.172. The number of hydrogen-bond donors (Lipinski definition) is 1. The predicted molar refractivity (Wildman–Crippen MR) is 174 cm³/mol. The molecule has 4 aromatic rings. The Balaban J connectivity index is 1.43. The van der Waals surface area contributed by atoms with Gasteiger partial charge in [0.1, 0.15) is 0 Å². The number of methoxy groups -OCH3 is 3. The van der Waals surface area contributed by atoms with Crippen LogP contribution in [0.3, 0.4) is 0 Å². The average molecular weight is 691 g/mol. The summed E-state index contributed by atoms with van der Waals surface area (Å²) < 4.78 is 49.4. The summed E-state index contributed by atoms with van der Waals surface area (Å²) in [5.74, 6) is -3.34. The number of carboxylic acids is 1. The third kappa shape index (κ3) is 8.56. The number of ketones is 2. The molecule has 252 valence electrons. The van der Waals surface area contributed by atoms with E-state index in [0.29, 0.717) is 32.4 Å². The fraction of sp³-hybridized carbons (Fsp3) is 0.394. The van der Waals surface area contributed by atoms with Crippen molar-refractivity contribution in [3.05, 3.63) is 45.9 Å². The molecule has 0 aliphatic heterocycles. The lowest BCUT2D eigenvalue weighted by Gasteiger charge is -2.14. The molecule has 14 heteroatoms. The van der Waals surface area contributed by atoms with E-state index in [1.807, 2.05) is 0 Å². The quantitative estimate of drug-likeness (QED) is 0.0511. The lowest BCUT2D eigenvalue weighted by molar-refractivity contribution is -0.144. The van der Waals surface area contributed by atoms with Gasteiger partial charge in [0.2, 0.25) is 0 Å². The van der Waals surface area contributed by atoms with Gasteiger partial charge in [-0.05, 0) is 23.6 Å². The first-order chi connectivity index (χ1) is 22.5. The van der Waals surface area contributed by atoms with Crippen LogP contribution in [0, 0.1) is 17.7 Å². The maximum atomic E-state index is 15.6. The summed E-state index contributed by atoms with van der Waals surface area (Å²) >= 11 is 2.34. The lowest BCUT2D eigenvalue weighted by atomic mass is 10.0. The molecule has 0 fully saturated rings. The van der Waals surface area contributed by atoms with E-state index in [-0.39, 0.29) is 61.3 Å². The van der Waals surface area contributed by atoms with E-state index in [4.69, 9.17) is 28.8 Å². The molecule has 0 aliphatic rings. The Labute approximate surface area is 278 Å². The standard InChI is InChI=1S/C33H35FO11S2/c1-17(32(37)38)9-21(35)28-12-19-11-23(24(45-16-40-3)14-26(19)46-28)43-7-6-8-44-31-25(41-4)15-27-20(30(31)34)13-29(47-27)22(36)10-18(2)33(39)42-5/h11-15,17-18H,6-10,16H2,1-5H3,(H,37,38)/t17-,18-/m0/s1. The zero-order valence-corrected chi connectivity index (χ0v) is 28.1. The highest BCUT2D eigenvalue weighted by atomic mass is 32.1. The van der Waals surface area contributed by atoms with Crippen LogP contribution >= 0.6 is 22.7 Å². The number of esters is 1. The third-order valence-corrected chi connectivity index (χ3v) is 9.43. The molecule has 2 aromatic carbocycles. The highest BCUT2D eigenvalue weighted by Gasteiger charge is 2.24. The van der Waals surface area contributed by atoms with Crippen molar-refractivity contribution in [2.75, 3.05) is 41.3 Å². The SMILES string of the molecule is COCOc1cc2sc(C(=O)C[C@H](C)C(=O)O)cc2cc1OCCCOc1c(OC)cc2sc(C(=O)C[C@H](C)C(=O)OC)cc2c1F. The van der Waals surface area contributed by atoms with Crippen LogP contribution in [0.25, 0.3) is 20.2 Å². The van der Waals surface area contributed by atoms with E-state index in [9.17, 15) is 19.2 Å². The van der Waals surface area contributed by atoms with Crippen LogP contribution in [-0.4, -0.2) is 69.9 Å². The minimum atomic E-state index is -1.04. The van der Waals surface area contributed by atoms with Crippen molar-refractivity contribution >= 4 is 66.4 Å². The number of halogens is 1. The van der Waals surface area contributed by atoms with E-state index in [0.717, 1.165) is 21.4 Å². The van der Waals surface area contributed by atoms with Gasteiger partial charge in [-0.15, -0.1) is 22.7 Å².